The molecule has 0 amide bonds. The fourth-order valence-corrected chi connectivity index (χ4v) is 5.66. The quantitative estimate of drug-likeness (QED) is 0.385. The molecular weight excluding hydrogens is 494 g/mol. The van der Waals surface area contributed by atoms with Gasteiger partial charge in [0.15, 0.2) is 21.3 Å². The van der Waals surface area contributed by atoms with Crippen molar-refractivity contribution < 1.29 is 40.0 Å². The molecule has 4 rings (SSSR count). The molecule has 1 aliphatic heterocycles. The van der Waals surface area contributed by atoms with Crippen molar-refractivity contribution in [1.29, 1.82) is 0 Å². The van der Waals surface area contributed by atoms with Gasteiger partial charge in [0.2, 0.25) is 0 Å². The van der Waals surface area contributed by atoms with Gasteiger partial charge in [-0.1, -0.05) is 22.8 Å². The second-order valence-corrected chi connectivity index (χ2v) is 9.87. The summed E-state index contributed by atoms with van der Waals surface area (Å²) in [6.45, 7) is 0. The third-order valence-electron chi connectivity index (χ3n) is 5.14. The van der Waals surface area contributed by atoms with Gasteiger partial charge in [-0.15, -0.1) is 0 Å². The van der Waals surface area contributed by atoms with Crippen LogP contribution >= 0.6 is 11.6 Å². The van der Waals surface area contributed by atoms with E-state index in [9.17, 15) is 30.8 Å². The van der Waals surface area contributed by atoms with E-state index < -0.39 is 67.9 Å². The van der Waals surface area contributed by atoms with Gasteiger partial charge in [-0.2, -0.15) is 18.3 Å². The lowest BCUT2D eigenvalue weighted by molar-refractivity contribution is -0.144. The third-order valence-corrected chi connectivity index (χ3v) is 7.21. The molecule has 0 N–H and O–H groups in total. The zero-order valence-corrected chi connectivity index (χ0v) is 18.3. The zero-order valence-electron chi connectivity index (χ0n) is 16.7. The SMILES string of the molecule is COC(=O)c1c(-c2c(F)cccc2Cl)noc1-c1cnn(C2CCS(=O)(=O)C2)c1C(F)(F)F. The monoisotopic (exact) mass is 507 g/mol. The van der Waals surface area contributed by atoms with Gasteiger partial charge in [-0.05, 0) is 18.6 Å². The summed E-state index contributed by atoms with van der Waals surface area (Å²) >= 11 is 6.03. The van der Waals surface area contributed by atoms with Crippen LogP contribution in [0.1, 0.15) is 28.5 Å². The molecule has 1 unspecified atom stereocenters. The van der Waals surface area contributed by atoms with Crippen LogP contribution in [0.15, 0.2) is 28.9 Å². The van der Waals surface area contributed by atoms with Crippen molar-refractivity contribution in [3.05, 3.63) is 46.5 Å². The number of ether oxygens (including phenoxy) is 1. The van der Waals surface area contributed by atoms with Crippen molar-refractivity contribution in [3.8, 4) is 22.6 Å². The molecule has 0 aliphatic carbocycles. The van der Waals surface area contributed by atoms with Crippen LogP contribution in [-0.4, -0.2) is 47.9 Å². The number of sulfone groups is 1. The summed E-state index contributed by atoms with van der Waals surface area (Å²) in [7, 11) is -2.55. The lowest BCUT2D eigenvalue weighted by Gasteiger charge is -2.16. The van der Waals surface area contributed by atoms with Gasteiger partial charge < -0.3 is 9.26 Å². The Morgan fingerprint density at radius 3 is 2.64 bits per heavy atom. The van der Waals surface area contributed by atoms with Crippen molar-refractivity contribution in [3.63, 3.8) is 0 Å². The van der Waals surface area contributed by atoms with Crippen molar-refractivity contribution >= 4 is 27.4 Å². The first-order valence-electron chi connectivity index (χ1n) is 9.32. The minimum Gasteiger partial charge on any atom is -0.465 e. The van der Waals surface area contributed by atoms with Crippen LogP contribution in [0.4, 0.5) is 17.6 Å². The number of aromatic nitrogens is 3. The smallest absolute Gasteiger partial charge is 0.433 e. The highest BCUT2D eigenvalue weighted by atomic mass is 35.5. The molecule has 3 heterocycles. The number of carbonyl (C=O) groups excluding carboxylic acids is 1. The van der Waals surface area contributed by atoms with Gasteiger partial charge >= 0.3 is 12.1 Å². The predicted molar refractivity (Wildman–Crippen MR) is 107 cm³/mol. The van der Waals surface area contributed by atoms with Crippen molar-refractivity contribution in [2.45, 2.75) is 18.6 Å². The Bertz CT molecular complexity index is 1330. The first-order chi connectivity index (χ1) is 15.4. The molecular formula is C19H14ClF4N3O5S. The molecule has 1 aliphatic rings. The standard InChI is InChI=1S/C19H14ClF4N3O5S/c1-31-18(28)14-15(13-11(20)3-2-4-12(13)21)26-32-16(14)10-7-25-27(17(10)19(22,23)24)9-5-6-33(29,30)8-9/h2-4,7,9H,5-6,8H2,1H3. The number of esters is 1. The Morgan fingerprint density at radius 1 is 1.33 bits per heavy atom. The number of nitrogens with zero attached hydrogens (tertiary/aromatic N) is 3. The van der Waals surface area contributed by atoms with E-state index in [0.717, 1.165) is 19.4 Å². The molecule has 3 aromatic rings. The first kappa shape index (κ1) is 23.2. The maximum atomic E-state index is 14.5. The second-order valence-electron chi connectivity index (χ2n) is 7.23. The molecule has 14 heteroatoms. The Kier molecular flexibility index (Phi) is 5.73. The fourth-order valence-electron chi connectivity index (χ4n) is 3.72. The van der Waals surface area contributed by atoms with Crippen LogP contribution in [0.3, 0.4) is 0 Å². The van der Waals surface area contributed by atoms with Gasteiger partial charge in [0.25, 0.3) is 0 Å². The van der Waals surface area contributed by atoms with Gasteiger partial charge in [-0.3, -0.25) is 4.68 Å². The lowest BCUT2D eigenvalue weighted by Crippen LogP contribution is -2.21. The highest BCUT2D eigenvalue weighted by molar-refractivity contribution is 7.91. The number of rotatable bonds is 4. The fraction of sp³-hybridized carbons (Fsp3) is 0.316. The minimum atomic E-state index is -5.01. The third kappa shape index (κ3) is 4.10. The van der Waals surface area contributed by atoms with Crippen LogP contribution in [-0.2, 0) is 20.8 Å². The van der Waals surface area contributed by atoms with Gasteiger partial charge in [0.1, 0.15) is 17.1 Å². The number of alkyl halides is 3. The molecule has 2 aromatic heterocycles. The Balaban J connectivity index is 1.95. The molecule has 0 saturated carbocycles. The van der Waals surface area contributed by atoms with E-state index in [0.29, 0.717) is 4.68 Å². The Morgan fingerprint density at radius 2 is 2.06 bits per heavy atom. The van der Waals surface area contributed by atoms with Crippen molar-refractivity contribution in [2.75, 3.05) is 18.6 Å². The molecule has 33 heavy (non-hydrogen) atoms. The van der Waals surface area contributed by atoms with Crippen molar-refractivity contribution in [2.24, 2.45) is 0 Å². The van der Waals surface area contributed by atoms with E-state index in [2.05, 4.69) is 15.0 Å². The summed E-state index contributed by atoms with van der Waals surface area (Å²) < 4.78 is 90.6. The minimum absolute atomic E-state index is 0.0666. The van der Waals surface area contributed by atoms with Crippen LogP contribution in [0, 0.1) is 5.82 Å². The lowest BCUT2D eigenvalue weighted by atomic mass is 10.0. The maximum absolute atomic E-state index is 14.5. The number of methoxy groups -OCH3 is 1. The highest BCUT2D eigenvalue weighted by Gasteiger charge is 2.44. The van der Waals surface area contributed by atoms with Crippen LogP contribution in [0.25, 0.3) is 22.6 Å². The van der Waals surface area contributed by atoms with Crippen LogP contribution < -0.4 is 0 Å². The topological polar surface area (TPSA) is 104 Å². The molecule has 8 nitrogen and oxygen atoms in total. The van der Waals surface area contributed by atoms with E-state index in [1.54, 1.807) is 0 Å². The molecule has 0 spiro atoms. The van der Waals surface area contributed by atoms with E-state index in [4.69, 9.17) is 16.1 Å². The van der Waals surface area contributed by atoms with E-state index in [-0.39, 0.29) is 22.8 Å². The molecule has 0 radical (unpaired) electrons. The van der Waals surface area contributed by atoms with E-state index in [1.807, 2.05) is 0 Å². The van der Waals surface area contributed by atoms with Gasteiger partial charge in [0, 0.05) is 0 Å². The molecule has 1 aromatic carbocycles. The average molecular weight is 508 g/mol. The van der Waals surface area contributed by atoms with Crippen LogP contribution in [0.2, 0.25) is 5.02 Å². The summed E-state index contributed by atoms with van der Waals surface area (Å²) in [4.78, 5) is 12.5. The molecule has 176 valence electrons. The Hall–Kier alpha value is -2.93. The Labute approximate surface area is 189 Å². The van der Waals surface area contributed by atoms with Crippen LogP contribution in [0.5, 0.6) is 0 Å². The highest BCUT2D eigenvalue weighted by Crippen LogP contribution is 2.43. The number of hydrogen-bond acceptors (Lipinski definition) is 7. The predicted octanol–water partition coefficient (Wildman–Crippen LogP) is 4.16. The molecule has 1 fully saturated rings. The zero-order chi connectivity index (χ0) is 24.1. The summed E-state index contributed by atoms with van der Waals surface area (Å²) in [6, 6.07) is 2.55. The summed E-state index contributed by atoms with van der Waals surface area (Å²) in [6.07, 6.45) is -4.29. The summed E-state index contributed by atoms with van der Waals surface area (Å²) in [5.74, 6) is -3.51. The van der Waals surface area contributed by atoms with Gasteiger partial charge in [0.05, 0.1) is 47.0 Å². The number of hydrogen-bond donors (Lipinski definition) is 0. The number of halogens is 5. The van der Waals surface area contributed by atoms with E-state index >= 15 is 0 Å². The average Bonchev–Trinajstić information content (AvgIpc) is 3.42. The summed E-state index contributed by atoms with van der Waals surface area (Å²) in [5.41, 5.74) is -3.43. The van der Waals surface area contributed by atoms with E-state index in [1.165, 1.54) is 12.1 Å². The normalized spacial score (nSPS) is 17.9. The largest absolute Gasteiger partial charge is 0.465 e. The first-order valence-corrected chi connectivity index (χ1v) is 11.5. The second kappa shape index (κ2) is 8.13. The molecule has 1 atom stereocenters. The maximum Gasteiger partial charge on any atom is 0.433 e. The molecule has 0 bridgehead atoms. The van der Waals surface area contributed by atoms with Crippen molar-refractivity contribution in [1.82, 2.24) is 14.9 Å². The summed E-state index contributed by atoms with van der Waals surface area (Å²) in [5, 5.41) is 7.18. The van der Waals surface area contributed by atoms with Gasteiger partial charge in [-0.25, -0.2) is 17.6 Å². The molecule has 1 saturated heterocycles. The number of benzene rings is 1. The number of carbonyl (C=O) groups is 1.